The molecule has 1 aromatic heterocycles. The van der Waals surface area contributed by atoms with Gasteiger partial charge in [0.1, 0.15) is 5.75 Å². The van der Waals surface area contributed by atoms with Crippen molar-refractivity contribution < 1.29 is 9.53 Å². The van der Waals surface area contributed by atoms with Crippen LogP contribution in [0.2, 0.25) is 5.02 Å². The van der Waals surface area contributed by atoms with Gasteiger partial charge in [-0.3, -0.25) is 4.79 Å². The van der Waals surface area contributed by atoms with Gasteiger partial charge in [-0.25, -0.2) is 4.68 Å². The van der Waals surface area contributed by atoms with Crippen LogP contribution in [-0.4, -0.2) is 39.0 Å². The average molecular weight is 383 g/mol. The highest BCUT2D eigenvalue weighted by atomic mass is 35.5. The minimum Gasteiger partial charge on any atom is -0.497 e. The van der Waals surface area contributed by atoms with Crippen molar-refractivity contribution in [3.8, 4) is 11.4 Å². The third kappa shape index (κ3) is 3.80. The molecule has 0 radical (unpaired) electrons. The van der Waals surface area contributed by atoms with Crippen molar-refractivity contribution >= 4 is 17.5 Å². The number of halogens is 1. The first-order valence-corrected chi connectivity index (χ1v) is 9.14. The molecular weight excluding hydrogens is 364 g/mol. The molecule has 138 valence electrons. The molecule has 2 aromatic carbocycles. The zero-order chi connectivity index (χ0) is 18.8. The largest absolute Gasteiger partial charge is 0.497 e. The molecule has 4 rings (SSSR count). The maximum atomic E-state index is 13.0. The number of hydrogen-bond acceptors (Lipinski definition) is 4. The van der Waals surface area contributed by atoms with Gasteiger partial charge < -0.3 is 9.64 Å². The van der Waals surface area contributed by atoms with E-state index in [-0.39, 0.29) is 11.9 Å². The summed E-state index contributed by atoms with van der Waals surface area (Å²) in [6.07, 6.45) is 3.66. The molecule has 27 heavy (non-hydrogen) atoms. The summed E-state index contributed by atoms with van der Waals surface area (Å²) in [6.45, 7) is 0.534. The molecule has 0 bridgehead atoms. The van der Waals surface area contributed by atoms with Crippen molar-refractivity contribution in [2.24, 2.45) is 0 Å². The number of carbonyl (C=O) groups is 1. The second kappa shape index (κ2) is 7.40. The van der Waals surface area contributed by atoms with Crippen LogP contribution in [0.15, 0.2) is 54.7 Å². The van der Waals surface area contributed by atoms with E-state index in [1.54, 1.807) is 19.4 Å². The number of para-hydroxylation sites is 1. The van der Waals surface area contributed by atoms with Crippen LogP contribution < -0.4 is 4.74 Å². The number of ether oxygens (including phenoxy) is 1. The van der Waals surface area contributed by atoms with E-state index in [1.807, 2.05) is 47.4 Å². The smallest absolute Gasteiger partial charge is 0.276 e. The Hall–Kier alpha value is -2.86. The maximum absolute atomic E-state index is 13.0. The number of nitrogens with zero attached hydrogens (tertiary/aromatic N) is 4. The molecule has 0 N–H and O–H groups in total. The van der Waals surface area contributed by atoms with Crippen LogP contribution in [0.1, 0.15) is 28.9 Å². The van der Waals surface area contributed by atoms with Crippen LogP contribution in [-0.2, 0) is 6.54 Å². The van der Waals surface area contributed by atoms with Gasteiger partial charge in [0.2, 0.25) is 0 Å². The van der Waals surface area contributed by atoms with Crippen LogP contribution >= 0.6 is 11.6 Å². The summed E-state index contributed by atoms with van der Waals surface area (Å²) in [5.74, 6) is 0.678. The highest BCUT2D eigenvalue weighted by Crippen LogP contribution is 2.30. The number of hydrogen-bond donors (Lipinski definition) is 0. The molecule has 1 saturated carbocycles. The van der Waals surface area contributed by atoms with E-state index < -0.39 is 0 Å². The number of aromatic nitrogens is 3. The Kier molecular flexibility index (Phi) is 4.81. The van der Waals surface area contributed by atoms with Gasteiger partial charge >= 0.3 is 0 Å². The molecule has 0 atom stereocenters. The molecule has 1 amide bonds. The predicted molar refractivity (Wildman–Crippen MR) is 102 cm³/mol. The first-order chi connectivity index (χ1) is 13.2. The van der Waals surface area contributed by atoms with Crippen molar-refractivity contribution in [2.75, 3.05) is 7.11 Å². The molecule has 0 spiro atoms. The summed E-state index contributed by atoms with van der Waals surface area (Å²) in [5.41, 5.74) is 2.06. The fourth-order valence-electron chi connectivity index (χ4n) is 2.94. The molecule has 3 aromatic rings. The van der Waals surface area contributed by atoms with E-state index in [0.29, 0.717) is 22.9 Å². The lowest BCUT2D eigenvalue weighted by molar-refractivity contribution is 0.0724. The topological polar surface area (TPSA) is 60.2 Å². The first-order valence-electron chi connectivity index (χ1n) is 8.77. The summed E-state index contributed by atoms with van der Waals surface area (Å²) in [7, 11) is 1.64. The van der Waals surface area contributed by atoms with Gasteiger partial charge in [0.05, 0.1) is 24.0 Å². The van der Waals surface area contributed by atoms with Crippen LogP contribution in [0, 0.1) is 0 Å². The fraction of sp³-hybridized carbons (Fsp3) is 0.250. The van der Waals surface area contributed by atoms with Crippen LogP contribution in [0.25, 0.3) is 5.69 Å². The number of carbonyl (C=O) groups excluding carboxylic acids is 1. The Morgan fingerprint density at radius 1 is 1.22 bits per heavy atom. The van der Waals surface area contributed by atoms with Crippen molar-refractivity contribution in [3.05, 3.63) is 71.0 Å². The molecule has 1 aliphatic rings. The molecule has 7 heteroatoms. The third-order valence-electron chi connectivity index (χ3n) is 4.57. The standard InChI is InChI=1S/C20H19ClN4O2/c1-27-16-10-6-14(7-11-16)12-24(15-8-9-15)20(26)18-13-25(23-22-18)19-5-3-2-4-17(19)21/h2-7,10-11,13,15H,8-9,12H2,1H3. The third-order valence-corrected chi connectivity index (χ3v) is 4.89. The van der Waals surface area contributed by atoms with E-state index in [2.05, 4.69) is 10.3 Å². The van der Waals surface area contributed by atoms with Crippen LogP contribution in [0.3, 0.4) is 0 Å². The van der Waals surface area contributed by atoms with Crippen molar-refractivity contribution in [2.45, 2.75) is 25.4 Å². The van der Waals surface area contributed by atoms with E-state index in [0.717, 1.165) is 24.2 Å². The van der Waals surface area contributed by atoms with Crippen LogP contribution in [0.4, 0.5) is 0 Å². The van der Waals surface area contributed by atoms with Crippen molar-refractivity contribution in [3.63, 3.8) is 0 Å². The zero-order valence-electron chi connectivity index (χ0n) is 14.9. The summed E-state index contributed by atoms with van der Waals surface area (Å²) in [4.78, 5) is 14.9. The van der Waals surface area contributed by atoms with Crippen LogP contribution in [0.5, 0.6) is 5.75 Å². The average Bonchev–Trinajstić information content (AvgIpc) is 3.42. The minimum atomic E-state index is -0.119. The lowest BCUT2D eigenvalue weighted by Crippen LogP contribution is -2.32. The highest BCUT2D eigenvalue weighted by Gasteiger charge is 2.34. The van der Waals surface area contributed by atoms with E-state index in [4.69, 9.17) is 16.3 Å². The normalized spacial score (nSPS) is 13.4. The second-order valence-electron chi connectivity index (χ2n) is 6.51. The van der Waals surface area contributed by atoms with Gasteiger partial charge in [0, 0.05) is 12.6 Å². The molecule has 1 heterocycles. The monoisotopic (exact) mass is 382 g/mol. The minimum absolute atomic E-state index is 0.119. The molecule has 0 unspecified atom stereocenters. The highest BCUT2D eigenvalue weighted by molar-refractivity contribution is 6.32. The zero-order valence-corrected chi connectivity index (χ0v) is 15.6. The number of amides is 1. The Bertz CT molecular complexity index is 951. The summed E-state index contributed by atoms with van der Waals surface area (Å²) in [6, 6.07) is 15.3. The Morgan fingerprint density at radius 3 is 2.63 bits per heavy atom. The number of methoxy groups -OCH3 is 1. The SMILES string of the molecule is COc1ccc(CN(C(=O)c2cn(-c3ccccc3Cl)nn2)C2CC2)cc1. The van der Waals surface area contributed by atoms with Crippen molar-refractivity contribution in [1.29, 1.82) is 0 Å². The van der Waals surface area contributed by atoms with E-state index in [9.17, 15) is 4.79 Å². The van der Waals surface area contributed by atoms with Crippen molar-refractivity contribution in [1.82, 2.24) is 19.9 Å². The Labute approximate surface area is 162 Å². The molecule has 0 aliphatic heterocycles. The van der Waals surface area contributed by atoms with Gasteiger partial charge in [-0.2, -0.15) is 0 Å². The molecule has 1 fully saturated rings. The van der Waals surface area contributed by atoms with Gasteiger partial charge in [0.15, 0.2) is 5.69 Å². The molecular formula is C20H19ClN4O2. The number of rotatable bonds is 6. The lowest BCUT2D eigenvalue weighted by atomic mass is 10.2. The van der Waals surface area contributed by atoms with E-state index >= 15 is 0 Å². The summed E-state index contributed by atoms with van der Waals surface area (Å²) in [5, 5.41) is 8.71. The van der Waals surface area contributed by atoms with Gasteiger partial charge in [-0.05, 0) is 42.7 Å². The summed E-state index contributed by atoms with van der Waals surface area (Å²) < 4.78 is 6.73. The first kappa shape index (κ1) is 17.5. The molecule has 1 aliphatic carbocycles. The number of benzene rings is 2. The molecule has 6 nitrogen and oxygen atoms in total. The molecule has 0 saturated heterocycles. The fourth-order valence-corrected chi connectivity index (χ4v) is 3.17. The second-order valence-corrected chi connectivity index (χ2v) is 6.92. The quantitative estimate of drug-likeness (QED) is 0.651. The lowest BCUT2D eigenvalue weighted by Gasteiger charge is -2.21. The van der Waals surface area contributed by atoms with E-state index in [1.165, 1.54) is 4.68 Å². The maximum Gasteiger partial charge on any atom is 0.276 e. The Balaban J connectivity index is 1.55. The summed E-state index contributed by atoms with van der Waals surface area (Å²) >= 11 is 6.21. The van der Waals surface area contributed by atoms with Gasteiger partial charge in [0.25, 0.3) is 5.91 Å². The Morgan fingerprint density at radius 2 is 1.96 bits per heavy atom. The van der Waals surface area contributed by atoms with Gasteiger partial charge in [-0.15, -0.1) is 5.10 Å². The van der Waals surface area contributed by atoms with Gasteiger partial charge in [-0.1, -0.05) is 41.1 Å². The predicted octanol–water partition coefficient (Wildman–Crippen LogP) is 3.73.